The molecule has 10 heteroatoms. The number of azo groups is 1. The summed E-state index contributed by atoms with van der Waals surface area (Å²) in [5.74, 6) is -2.65. The van der Waals surface area contributed by atoms with E-state index in [-0.39, 0.29) is 10.5 Å². The van der Waals surface area contributed by atoms with Crippen molar-refractivity contribution in [3.05, 3.63) is 38.9 Å². The van der Waals surface area contributed by atoms with Crippen LogP contribution in [-0.2, 0) is 0 Å². The fourth-order valence-electron chi connectivity index (χ4n) is 1.42. The number of aromatic carboxylic acids is 1. The number of nitrogens with one attached hydrogen (secondary N) is 2. The molecule has 2 rings (SSSR count). The van der Waals surface area contributed by atoms with Crippen molar-refractivity contribution in [2.75, 3.05) is 0 Å². The average molecular weight is 307 g/mol. The standard InChI is InChI=1S/C11H8N4O5S/c16-6-2-1-4(3-5(6)10(19)20)14-15-7-8(17)12-11(21)13-9(7)18/h1-3,16H,(H,19,20)(H3,12,13,17,18,21)/p-1. The zero-order chi connectivity index (χ0) is 15.6. The largest absolute Gasteiger partial charge is 0.872 e. The maximum absolute atomic E-state index is 11.5. The van der Waals surface area contributed by atoms with E-state index in [0.29, 0.717) is 0 Å². The molecule has 1 heterocycles. The van der Waals surface area contributed by atoms with Crippen LogP contribution in [0.1, 0.15) is 10.4 Å². The van der Waals surface area contributed by atoms with Gasteiger partial charge in [-0.15, -0.1) is 5.11 Å². The molecule has 108 valence electrons. The number of H-pyrrole nitrogens is 2. The fourth-order valence-corrected chi connectivity index (χ4v) is 1.61. The van der Waals surface area contributed by atoms with Gasteiger partial charge in [0.05, 0.1) is 11.3 Å². The van der Waals surface area contributed by atoms with Gasteiger partial charge < -0.3 is 20.3 Å². The molecule has 0 aliphatic rings. The number of hydrogen-bond donors (Lipinski definition) is 4. The summed E-state index contributed by atoms with van der Waals surface area (Å²) in [6, 6.07) is 3.25. The van der Waals surface area contributed by atoms with Crippen LogP contribution in [0.4, 0.5) is 11.4 Å². The van der Waals surface area contributed by atoms with Gasteiger partial charge >= 0.3 is 5.97 Å². The van der Waals surface area contributed by atoms with Crippen molar-refractivity contribution >= 4 is 29.6 Å². The highest BCUT2D eigenvalue weighted by atomic mass is 32.1. The Morgan fingerprint density at radius 3 is 2.62 bits per heavy atom. The van der Waals surface area contributed by atoms with Gasteiger partial charge in [0.15, 0.2) is 4.77 Å². The average Bonchev–Trinajstić information content (AvgIpc) is 2.38. The van der Waals surface area contributed by atoms with Crippen molar-refractivity contribution in [2.45, 2.75) is 0 Å². The SMILES string of the molecule is O=C(O)c1cc(N=Nc2c(O)[nH]c(=S)[nH]c2=O)ccc1[O-]. The molecule has 4 N–H and O–H groups in total. The van der Waals surface area contributed by atoms with Crippen LogP contribution < -0.4 is 10.7 Å². The van der Waals surface area contributed by atoms with Crippen LogP contribution in [0.25, 0.3) is 0 Å². The van der Waals surface area contributed by atoms with Crippen LogP contribution in [0.3, 0.4) is 0 Å². The van der Waals surface area contributed by atoms with Crippen molar-refractivity contribution in [1.82, 2.24) is 9.97 Å². The van der Waals surface area contributed by atoms with Crippen molar-refractivity contribution < 1.29 is 20.1 Å². The highest BCUT2D eigenvalue weighted by Gasteiger charge is 2.07. The Kier molecular flexibility index (Phi) is 3.80. The lowest BCUT2D eigenvalue weighted by Crippen LogP contribution is -2.06. The summed E-state index contributed by atoms with van der Waals surface area (Å²) >= 11 is 4.64. The first-order chi connectivity index (χ1) is 9.88. The Morgan fingerprint density at radius 2 is 2.00 bits per heavy atom. The van der Waals surface area contributed by atoms with E-state index in [1.165, 1.54) is 6.07 Å². The van der Waals surface area contributed by atoms with E-state index < -0.39 is 34.4 Å². The minimum Gasteiger partial charge on any atom is -0.872 e. The van der Waals surface area contributed by atoms with Gasteiger partial charge in [0, 0.05) is 0 Å². The van der Waals surface area contributed by atoms with E-state index in [1.54, 1.807) is 0 Å². The third-order valence-electron chi connectivity index (χ3n) is 2.36. The van der Waals surface area contributed by atoms with Crippen molar-refractivity contribution in [3.8, 4) is 11.6 Å². The van der Waals surface area contributed by atoms with Gasteiger partial charge in [0.25, 0.3) is 5.56 Å². The minimum absolute atomic E-state index is 0.0354. The van der Waals surface area contributed by atoms with Crippen LogP contribution in [0, 0.1) is 4.77 Å². The van der Waals surface area contributed by atoms with E-state index >= 15 is 0 Å². The molecule has 0 aliphatic carbocycles. The maximum atomic E-state index is 11.5. The third kappa shape index (κ3) is 3.12. The number of hydrogen-bond acceptors (Lipinski definition) is 7. The summed E-state index contributed by atoms with van der Waals surface area (Å²) in [5, 5.41) is 36.7. The molecule has 0 saturated heterocycles. The molecule has 0 radical (unpaired) electrons. The third-order valence-corrected chi connectivity index (χ3v) is 2.56. The van der Waals surface area contributed by atoms with Gasteiger partial charge in [0.2, 0.25) is 11.6 Å². The molecule has 9 nitrogen and oxygen atoms in total. The summed E-state index contributed by atoms with van der Waals surface area (Å²) in [7, 11) is 0. The Labute approximate surface area is 121 Å². The number of aromatic amines is 2. The highest BCUT2D eigenvalue weighted by molar-refractivity contribution is 7.71. The van der Waals surface area contributed by atoms with E-state index in [4.69, 9.17) is 5.11 Å². The second-order valence-electron chi connectivity index (χ2n) is 3.79. The maximum Gasteiger partial charge on any atom is 0.335 e. The second-order valence-corrected chi connectivity index (χ2v) is 4.20. The number of aromatic hydroxyl groups is 1. The van der Waals surface area contributed by atoms with E-state index in [1.807, 2.05) is 0 Å². The molecule has 2 aromatic rings. The fraction of sp³-hybridized carbons (Fsp3) is 0. The van der Waals surface area contributed by atoms with E-state index in [2.05, 4.69) is 32.4 Å². The van der Waals surface area contributed by atoms with Gasteiger partial charge in [-0.1, -0.05) is 11.8 Å². The van der Waals surface area contributed by atoms with Crippen LogP contribution in [0.2, 0.25) is 0 Å². The first-order valence-electron chi connectivity index (χ1n) is 5.40. The molecule has 0 spiro atoms. The Bertz CT molecular complexity index is 854. The molecule has 0 unspecified atom stereocenters. The summed E-state index contributed by atoms with van der Waals surface area (Å²) in [5.41, 5.74) is -1.63. The molecule has 0 fully saturated rings. The number of rotatable bonds is 3. The number of nitrogens with zero attached hydrogens (tertiary/aromatic N) is 2. The van der Waals surface area contributed by atoms with Crippen molar-refractivity contribution in [3.63, 3.8) is 0 Å². The zero-order valence-electron chi connectivity index (χ0n) is 10.2. The minimum atomic E-state index is -1.40. The molecular weight excluding hydrogens is 300 g/mol. The van der Waals surface area contributed by atoms with E-state index in [9.17, 15) is 19.8 Å². The molecule has 0 aliphatic heterocycles. The van der Waals surface area contributed by atoms with Gasteiger partial charge in [-0.2, -0.15) is 5.11 Å². The van der Waals surface area contributed by atoms with Crippen molar-refractivity contribution in [2.24, 2.45) is 10.2 Å². The first kappa shape index (κ1) is 14.4. The number of benzene rings is 1. The van der Waals surface area contributed by atoms with Crippen LogP contribution >= 0.6 is 12.2 Å². The number of aromatic nitrogens is 2. The lowest BCUT2D eigenvalue weighted by atomic mass is 10.2. The number of carboxylic acid groups (broad SMARTS) is 1. The van der Waals surface area contributed by atoms with Crippen LogP contribution in [0.5, 0.6) is 11.6 Å². The van der Waals surface area contributed by atoms with Gasteiger partial charge in [-0.3, -0.25) is 9.78 Å². The molecule has 0 bridgehead atoms. The first-order valence-corrected chi connectivity index (χ1v) is 5.81. The van der Waals surface area contributed by atoms with Crippen molar-refractivity contribution in [1.29, 1.82) is 0 Å². The summed E-state index contributed by atoms with van der Waals surface area (Å²) in [6.45, 7) is 0. The second kappa shape index (κ2) is 5.54. The van der Waals surface area contributed by atoms with Crippen LogP contribution in [-0.4, -0.2) is 26.2 Å². The topological polar surface area (TPSA) is 154 Å². The lowest BCUT2D eigenvalue weighted by molar-refractivity contribution is -0.268. The van der Waals surface area contributed by atoms with Gasteiger partial charge in [-0.05, 0) is 24.4 Å². The van der Waals surface area contributed by atoms with E-state index in [0.717, 1.165) is 12.1 Å². The quantitative estimate of drug-likeness (QED) is 0.495. The molecule has 21 heavy (non-hydrogen) atoms. The molecule has 0 saturated carbocycles. The smallest absolute Gasteiger partial charge is 0.335 e. The van der Waals surface area contributed by atoms with Gasteiger partial charge in [0.1, 0.15) is 0 Å². The normalized spacial score (nSPS) is 10.9. The Morgan fingerprint density at radius 1 is 1.29 bits per heavy atom. The molecule has 0 atom stereocenters. The molecular formula is C11H7N4O5S-. The summed E-state index contributed by atoms with van der Waals surface area (Å²) in [6.07, 6.45) is 0. The zero-order valence-corrected chi connectivity index (χ0v) is 11.0. The number of carboxylic acids is 1. The summed E-state index contributed by atoms with van der Waals surface area (Å²) in [4.78, 5) is 26.8. The molecule has 1 aromatic heterocycles. The molecule has 0 amide bonds. The number of carbonyl (C=O) groups is 1. The van der Waals surface area contributed by atoms with Crippen LogP contribution in [0.15, 0.2) is 33.2 Å². The highest BCUT2D eigenvalue weighted by Crippen LogP contribution is 2.24. The predicted octanol–water partition coefficient (Wildman–Crippen LogP) is 1.33. The monoisotopic (exact) mass is 307 g/mol. The van der Waals surface area contributed by atoms with Gasteiger partial charge in [-0.25, -0.2) is 4.79 Å². The lowest BCUT2D eigenvalue weighted by Gasteiger charge is -2.09. The Hall–Kier alpha value is -3.01. The molecule has 1 aromatic carbocycles. The predicted molar refractivity (Wildman–Crippen MR) is 70.9 cm³/mol. The summed E-state index contributed by atoms with van der Waals surface area (Å²) < 4.78 is -0.0830. The Balaban J connectivity index is 2.43.